The molecule has 0 amide bonds. The summed E-state index contributed by atoms with van der Waals surface area (Å²) in [6, 6.07) is 0.218. The van der Waals surface area contributed by atoms with E-state index in [0.29, 0.717) is 11.7 Å². The molecule has 1 N–H and O–H groups in total. The highest BCUT2D eigenvalue weighted by molar-refractivity contribution is 6.32. The van der Waals surface area contributed by atoms with Crippen LogP contribution in [-0.4, -0.2) is 39.2 Å². The molecule has 0 aromatic carbocycles. The highest BCUT2D eigenvalue weighted by Crippen LogP contribution is 2.22. The Morgan fingerprint density at radius 2 is 2.24 bits per heavy atom. The molecule has 1 fully saturated rings. The maximum atomic E-state index is 9.33. The highest BCUT2D eigenvalue weighted by Gasteiger charge is 2.22. The summed E-state index contributed by atoms with van der Waals surface area (Å²) < 4.78 is 0. The topological polar surface area (TPSA) is 49.2 Å². The van der Waals surface area contributed by atoms with E-state index in [1.54, 1.807) is 6.20 Å². The van der Waals surface area contributed by atoms with Gasteiger partial charge >= 0.3 is 0 Å². The molecule has 0 unspecified atom stereocenters. The standard InChI is InChI=1S/C11H15Cl2N3O/c12-10-8(5-14-11(13)15-10)6-16-4-2-1-3-9(16)7-17/h5,9,17H,1-4,6-7H2/t9-/m0/s1. The second-order valence-corrected chi connectivity index (χ2v) is 4.95. The van der Waals surface area contributed by atoms with E-state index in [-0.39, 0.29) is 17.9 Å². The molecule has 17 heavy (non-hydrogen) atoms. The van der Waals surface area contributed by atoms with Crippen LogP contribution in [0.1, 0.15) is 24.8 Å². The van der Waals surface area contributed by atoms with Gasteiger partial charge in [0.15, 0.2) is 0 Å². The zero-order valence-electron chi connectivity index (χ0n) is 9.44. The normalized spacial score (nSPS) is 21.7. The Morgan fingerprint density at radius 3 is 2.94 bits per heavy atom. The van der Waals surface area contributed by atoms with Crippen molar-refractivity contribution in [3.05, 3.63) is 22.2 Å². The molecule has 1 saturated heterocycles. The number of likely N-dealkylation sites (tertiary alicyclic amines) is 1. The lowest BCUT2D eigenvalue weighted by Gasteiger charge is -2.34. The quantitative estimate of drug-likeness (QED) is 0.678. The second-order valence-electron chi connectivity index (χ2n) is 4.26. The predicted octanol–water partition coefficient (Wildman–Crippen LogP) is 2.13. The number of piperidine rings is 1. The summed E-state index contributed by atoms with van der Waals surface area (Å²) in [7, 11) is 0. The molecule has 1 aliphatic heterocycles. The van der Waals surface area contributed by atoms with Crippen molar-refractivity contribution in [1.82, 2.24) is 14.9 Å². The number of hydrogen-bond donors (Lipinski definition) is 1. The molecular formula is C11H15Cl2N3O. The zero-order valence-corrected chi connectivity index (χ0v) is 11.0. The first-order valence-corrected chi connectivity index (χ1v) is 6.48. The van der Waals surface area contributed by atoms with Gasteiger partial charge < -0.3 is 5.11 Å². The van der Waals surface area contributed by atoms with E-state index in [2.05, 4.69) is 14.9 Å². The van der Waals surface area contributed by atoms with E-state index in [1.165, 1.54) is 6.42 Å². The molecule has 2 rings (SSSR count). The van der Waals surface area contributed by atoms with Crippen LogP contribution in [0.4, 0.5) is 0 Å². The molecule has 1 aromatic heterocycles. The molecule has 0 radical (unpaired) electrons. The molecule has 1 atom stereocenters. The zero-order chi connectivity index (χ0) is 12.3. The Labute approximate surface area is 111 Å². The molecular weight excluding hydrogens is 261 g/mol. The third-order valence-corrected chi connectivity index (χ3v) is 3.62. The molecule has 4 nitrogen and oxygen atoms in total. The molecule has 0 aliphatic carbocycles. The number of nitrogens with zero attached hydrogens (tertiary/aromatic N) is 3. The molecule has 0 saturated carbocycles. The van der Waals surface area contributed by atoms with Gasteiger partial charge in [0.1, 0.15) is 5.15 Å². The molecule has 1 aromatic rings. The van der Waals surface area contributed by atoms with Crippen molar-refractivity contribution in [2.75, 3.05) is 13.2 Å². The lowest BCUT2D eigenvalue weighted by molar-refractivity contribution is 0.0840. The second kappa shape index (κ2) is 5.96. The van der Waals surface area contributed by atoms with Crippen LogP contribution in [-0.2, 0) is 6.54 Å². The van der Waals surface area contributed by atoms with Gasteiger partial charge in [-0.15, -0.1) is 0 Å². The van der Waals surface area contributed by atoms with Gasteiger partial charge in [-0.2, -0.15) is 0 Å². The van der Waals surface area contributed by atoms with E-state index >= 15 is 0 Å². The van der Waals surface area contributed by atoms with Crippen LogP contribution in [0.5, 0.6) is 0 Å². The van der Waals surface area contributed by atoms with E-state index < -0.39 is 0 Å². The fourth-order valence-corrected chi connectivity index (χ4v) is 2.53. The van der Waals surface area contributed by atoms with E-state index in [1.807, 2.05) is 0 Å². The van der Waals surface area contributed by atoms with Gasteiger partial charge in [-0.1, -0.05) is 18.0 Å². The largest absolute Gasteiger partial charge is 0.395 e. The van der Waals surface area contributed by atoms with Gasteiger partial charge in [0.2, 0.25) is 5.28 Å². The lowest BCUT2D eigenvalue weighted by Crippen LogP contribution is -2.41. The van der Waals surface area contributed by atoms with E-state index in [4.69, 9.17) is 23.2 Å². The molecule has 94 valence electrons. The van der Waals surface area contributed by atoms with E-state index in [9.17, 15) is 5.11 Å². The first kappa shape index (κ1) is 13.0. The third kappa shape index (κ3) is 3.28. The van der Waals surface area contributed by atoms with Crippen LogP contribution >= 0.6 is 23.2 Å². The fraction of sp³-hybridized carbons (Fsp3) is 0.636. The van der Waals surface area contributed by atoms with Gasteiger partial charge in [0.05, 0.1) is 6.61 Å². The van der Waals surface area contributed by atoms with Crippen molar-refractivity contribution >= 4 is 23.2 Å². The van der Waals surface area contributed by atoms with E-state index in [0.717, 1.165) is 24.9 Å². The van der Waals surface area contributed by atoms with Crippen LogP contribution in [0.25, 0.3) is 0 Å². The minimum absolute atomic E-state index is 0.163. The number of aliphatic hydroxyl groups excluding tert-OH is 1. The van der Waals surface area contributed by atoms with Crippen LogP contribution in [0.15, 0.2) is 6.20 Å². The number of halogens is 2. The van der Waals surface area contributed by atoms with Crippen molar-refractivity contribution in [2.24, 2.45) is 0 Å². The summed E-state index contributed by atoms with van der Waals surface area (Å²) in [5.74, 6) is 0. The van der Waals surface area contributed by atoms with Gasteiger partial charge in [-0.25, -0.2) is 9.97 Å². The van der Waals surface area contributed by atoms with Crippen molar-refractivity contribution in [3.8, 4) is 0 Å². The first-order chi connectivity index (χ1) is 8.20. The van der Waals surface area contributed by atoms with Crippen LogP contribution in [0.2, 0.25) is 10.4 Å². The Morgan fingerprint density at radius 1 is 1.41 bits per heavy atom. The maximum Gasteiger partial charge on any atom is 0.223 e. The van der Waals surface area contributed by atoms with Crippen molar-refractivity contribution < 1.29 is 5.11 Å². The summed E-state index contributed by atoms with van der Waals surface area (Å²) in [4.78, 5) is 10.1. The SMILES string of the molecule is OC[C@@H]1CCCCN1Cc1cnc(Cl)nc1Cl. The Bertz CT molecular complexity index is 389. The van der Waals surface area contributed by atoms with Crippen molar-refractivity contribution in [2.45, 2.75) is 31.8 Å². The number of aromatic nitrogens is 2. The summed E-state index contributed by atoms with van der Waals surface area (Å²) in [6.45, 7) is 1.83. The maximum absolute atomic E-state index is 9.33. The number of aliphatic hydroxyl groups is 1. The minimum atomic E-state index is 0.163. The summed E-state index contributed by atoms with van der Waals surface area (Å²) in [6.07, 6.45) is 5.01. The smallest absolute Gasteiger partial charge is 0.223 e. The summed E-state index contributed by atoms with van der Waals surface area (Å²) in [5, 5.41) is 9.88. The Hall–Kier alpha value is -0.420. The van der Waals surface area contributed by atoms with Crippen LogP contribution < -0.4 is 0 Å². The predicted molar refractivity (Wildman–Crippen MR) is 67.2 cm³/mol. The number of rotatable bonds is 3. The fourth-order valence-electron chi connectivity index (χ4n) is 2.17. The molecule has 0 bridgehead atoms. The third-order valence-electron chi connectivity index (χ3n) is 3.12. The van der Waals surface area contributed by atoms with Gasteiger partial charge in [-0.3, -0.25) is 4.90 Å². The minimum Gasteiger partial charge on any atom is -0.395 e. The molecule has 1 aliphatic rings. The lowest BCUT2D eigenvalue weighted by atomic mass is 10.0. The molecule has 0 spiro atoms. The summed E-state index contributed by atoms with van der Waals surface area (Å²) in [5.41, 5.74) is 0.858. The van der Waals surface area contributed by atoms with Gasteiger partial charge in [0.25, 0.3) is 0 Å². The van der Waals surface area contributed by atoms with Crippen LogP contribution in [0.3, 0.4) is 0 Å². The average molecular weight is 276 g/mol. The summed E-state index contributed by atoms with van der Waals surface area (Å²) >= 11 is 11.7. The van der Waals surface area contributed by atoms with Gasteiger partial charge in [0, 0.05) is 24.3 Å². The van der Waals surface area contributed by atoms with Crippen LogP contribution in [0, 0.1) is 0 Å². The highest BCUT2D eigenvalue weighted by atomic mass is 35.5. The van der Waals surface area contributed by atoms with Crippen molar-refractivity contribution in [3.63, 3.8) is 0 Å². The molecule has 6 heteroatoms. The number of hydrogen-bond acceptors (Lipinski definition) is 4. The Balaban J connectivity index is 2.08. The van der Waals surface area contributed by atoms with Crippen molar-refractivity contribution in [1.29, 1.82) is 0 Å². The average Bonchev–Trinajstić information content (AvgIpc) is 2.33. The Kier molecular flexibility index (Phi) is 4.56. The van der Waals surface area contributed by atoms with Gasteiger partial charge in [-0.05, 0) is 31.0 Å². The molecule has 2 heterocycles. The monoisotopic (exact) mass is 275 g/mol. The first-order valence-electron chi connectivity index (χ1n) is 5.72.